The number of hydrogen-bond donors (Lipinski definition) is 1. The van der Waals surface area contributed by atoms with Gasteiger partial charge in [-0.3, -0.25) is 4.79 Å². The van der Waals surface area contributed by atoms with Crippen molar-refractivity contribution in [3.8, 4) is 11.5 Å². The van der Waals surface area contributed by atoms with Gasteiger partial charge in [0.25, 0.3) is 0 Å². The molecule has 6 heteroatoms. The Bertz CT molecular complexity index is 724. The Morgan fingerprint density at radius 3 is 2.35 bits per heavy atom. The molecule has 0 saturated carbocycles. The Hall–Kier alpha value is -2.17. The molecule has 0 spiro atoms. The van der Waals surface area contributed by atoms with E-state index in [1.54, 1.807) is 56.7 Å². The second-order valence-corrected chi connectivity index (χ2v) is 5.46. The summed E-state index contributed by atoms with van der Waals surface area (Å²) >= 11 is 11.8. The molecule has 1 N–H and O–H groups in total. The Morgan fingerprint density at radius 2 is 1.74 bits per heavy atom. The molecule has 0 heterocycles. The molecular weight excluding hydrogens is 337 g/mol. The molecule has 120 valence electrons. The first-order valence-corrected chi connectivity index (χ1v) is 7.44. The van der Waals surface area contributed by atoms with Gasteiger partial charge >= 0.3 is 0 Å². The number of carbonyl (C=O) groups excluding carboxylic acids is 1. The van der Waals surface area contributed by atoms with Crippen LogP contribution in [0.1, 0.15) is 5.56 Å². The van der Waals surface area contributed by atoms with E-state index in [0.29, 0.717) is 27.2 Å². The molecule has 2 aromatic carbocycles. The van der Waals surface area contributed by atoms with Gasteiger partial charge in [0.15, 0.2) is 0 Å². The third kappa shape index (κ3) is 4.91. The van der Waals surface area contributed by atoms with E-state index >= 15 is 0 Å². The van der Waals surface area contributed by atoms with Crippen molar-refractivity contribution in [3.05, 3.63) is 58.1 Å². The number of methoxy groups -OCH3 is 2. The number of amides is 1. The molecule has 0 unspecified atom stereocenters. The van der Waals surface area contributed by atoms with Crippen LogP contribution in [0.5, 0.6) is 11.5 Å². The van der Waals surface area contributed by atoms with Crippen LogP contribution in [0.3, 0.4) is 0 Å². The van der Waals surface area contributed by atoms with Gasteiger partial charge in [-0.25, -0.2) is 0 Å². The van der Waals surface area contributed by atoms with Crippen LogP contribution >= 0.6 is 23.2 Å². The Labute approximate surface area is 144 Å². The van der Waals surface area contributed by atoms with Gasteiger partial charge in [0.05, 0.1) is 14.2 Å². The Kier molecular flexibility index (Phi) is 5.90. The first kappa shape index (κ1) is 17.2. The van der Waals surface area contributed by atoms with Crippen molar-refractivity contribution in [2.75, 3.05) is 19.5 Å². The minimum atomic E-state index is -0.304. The van der Waals surface area contributed by atoms with Crippen LogP contribution in [-0.2, 0) is 4.79 Å². The monoisotopic (exact) mass is 351 g/mol. The quantitative estimate of drug-likeness (QED) is 0.796. The van der Waals surface area contributed by atoms with Gasteiger partial charge in [-0.15, -0.1) is 0 Å². The molecule has 1 amide bonds. The molecule has 0 saturated heterocycles. The van der Waals surface area contributed by atoms with Crippen LogP contribution in [-0.4, -0.2) is 20.1 Å². The van der Waals surface area contributed by atoms with Gasteiger partial charge in [-0.2, -0.15) is 0 Å². The van der Waals surface area contributed by atoms with Gasteiger partial charge in [0.2, 0.25) is 5.91 Å². The summed E-state index contributed by atoms with van der Waals surface area (Å²) in [6, 6.07) is 10.2. The number of halogens is 2. The zero-order chi connectivity index (χ0) is 16.8. The smallest absolute Gasteiger partial charge is 0.248 e. The summed E-state index contributed by atoms with van der Waals surface area (Å²) in [5.41, 5.74) is 1.28. The van der Waals surface area contributed by atoms with Gasteiger partial charge in [-0.05, 0) is 36.4 Å². The summed E-state index contributed by atoms with van der Waals surface area (Å²) in [7, 11) is 3.13. The molecule has 0 bridgehead atoms. The fraction of sp³-hybridized carbons (Fsp3) is 0.118. The predicted molar refractivity (Wildman–Crippen MR) is 93.7 cm³/mol. The zero-order valence-electron chi connectivity index (χ0n) is 12.6. The number of benzene rings is 2. The van der Waals surface area contributed by atoms with Crippen molar-refractivity contribution in [3.63, 3.8) is 0 Å². The number of nitrogens with one attached hydrogen (secondary N) is 1. The summed E-state index contributed by atoms with van der Waals surface area (Å²) in [5, 5.41) is 3.60. The van der Waals surface area contributed by atoms with Crippen LogP contribution in [0.15, 0.2) is 42.5 Å². The Morgan fingerprint density at radius 1 is 1.04 bits per heavy atom. The summed E-state index contributed by atoms with van der Waals surface area (Å²) in [6.07, 6.45) is 3.05. The van der Waals surface area contributed by atoms with Crippen molar-refractivity contribution in [2.45, 2.75) is 0 Å². The maximum atomic E-state index is 12.0. The third-order valence-corrected chi connectivity index (χ3v) is 3.42. The minimum Gasteiger partial charge on any atom is -0.497 e. The van der Waals surface area contributed by atoms with E-state index in [-0.39, 0.29) is 5.91 Å². The maximum Gasteiger partial charge on any atom is 0.248 e. The summed E-state index contributed by atoms with van der Waals surface area (Å²) < 4.78 is 10.4. The van der Waals surface area contributed by atoms with E-state index in [9.17, 15) is 4.79 Å². The van der Waals surface area contributed by atoms with Crippen molar-refractivity contribution < 1.29 is 14.3 Å². The highest BCUT2D eigenvalue weighted by Gasteiger charge is 2.04. The fourth-order valence-electron chi connectivity index (χ4n) is 1.93. The average molecular weight is 352 g/mol. The topological polar surface area (TPSA) is 47.6 Å². The van der Waals surface area contributed by atoms with Crippen LogP contribution in [0.25, 0.3) is 6.08 Å². The van der Waals surface area contributed by atoms with Crippen molar-refractivity contribution in [1.29, 1.82) is 0 Å². The molecule has 0 aliphatic heterocycles. The second kappa shape index (κ2) is 7.90. The van der Waals surface area contributed by atoms with Crippen LogP contribution in [0, 0.1) is 0 Å². The lowest BCUT2D eigenvalue weighted by Crippen LogP contribution is -2.07. The first-order chi connectivity index (χ1) is 11.0. The van der Waals surface area contributed by atoms with Crippen molar-refractivity contribution >= 4 is 40.9 Å². The fourth-order valence-corrected chi connectivity index (χ4v) is 2.46. The highest BCUT2D eigenvalue weighted by molar-refractivity contribution is 6.35. The van der Waals surface area contributed by atoms with E-state index in [1.807, 2.05) is 0 Å². The van der Waals surface area contributed by atoms with Crippen LogP contribution in [0.2, 0.25) is 10.0 Å². The standard InChI is InChI=1S/C17H15Cl2NO3/c1-22-15-5-3-11(16(10-15)23-2)4-6-17(21)20-14-8-12(18)7-13(19)9-14/h3-10H,1-2H3,(H,20,21). The highest BCUT2D eigenvalue weighted by Crippen LogP contribution is 2.26. The largest absolute Gasteiger partial charge is 0.497 e. The minimum absolute atomic E-state index is 0.304. The maximum absolute atomic E-state index is 12.0. The molecule has 0 fully saturated rings. The third-order valence-electron chi connectivity index (χ3n) is 2.99. The zero-order valence-corrected chi connectivity index (χ0v) is 14.1. The lowest BCUT2D eigenvalue weighted by Gasteiger charge is -2.07. The molecule has 2 rings (SSSR count). The van der Waals surface area contributed by atoms with E-state index < -0.39 is 0 Å². The summed E-state index contributed by atoms with van der Waals surface area (Å²) in [4.78, 5) is 12.0. The van der Waals surface area contributed by atoms with Gasteiger partial charge in [-0.1, -0.05) is 23.2 Å². The number of ether oxygens (including phenoxy) is 2. The van der Waals surface area contributed by atoms with Crippen LogP contribution < -0.4 is 14.8 Å². The number of rotatable bonds is 5. The second-order valence-electron chi connectivity index (χ2n) is 4.59. The SMILES string of the molecule is COc1ccc(C=CC(=O)Nc2cc(Cl)cc(Cl)c2)c(OC)c1. The molecule has 0 radical (unpaired) electrons. The molecule has 4 nitrogen and oxygen atoms in total. The van der Waals surface area contributed by atoms with Gasteiger partial charge in [0, 0.05) is 33.4 Å². The first-order valence-electron chi connectivity index (χ1n) is 6.69. The number of hydrogen-bond acceptors (Lipinski definition) is 3. The molecule has 2 aromatic rings. The van der Waals surface area contributed by atoms with E-state index in [0.717, 1.165) is 5.56 Å². The highest BCUT2D eigenvalue weighted by atomic mass is 35.5. The number of carbonyl (C=O) groups is 1. The predicted octanol–water partition coefficient (Wildman–Crippen LogP) is 4.66. The van der Waals surface area contributed by atoms with Gasteiger partial charge in [0.1, 0.15) is 11.5 Å². The molecular formula is C17H15Cl2NO3. The van der Waals surface area contributed by atoms with Crippen LogP contribution in [0.4, 0.5) is 5.69 Å². The molecule has 0 aliphatic carbocycles. The molecule has 0 atom stereocenters. The van der Waals surface area contributed by atoms with Gasteiger partial charge < -0.3 is 14.8 Å². The number of anilines is 1. The molecule has 0 aliphatic rings. The molecule has 0 aromatic heterocycles. The summed E-state index contributed by atoms with van der Waals surface area (Å²) in [6.45, 7) is 0. The van der Waals surface area contributed by atoms with E-state index in [4.69, 9.17) is 32.7 Å². The normalized spacial score (nSPS) is 10.6. The van der Waals surface area contributed by atoms with Crippen molar-refractivity contribution in [2.24, 2.45) is 0 Å². The Balaban J connectivity index is 2.12. The molecule has 23 heavy (non-hydrogen) atoms. The van der Waals surface area contributed by atoms with E-state index in [1.165, 1.54) is 6.08 Å². The van der Waals surface area contributed by atoms with Crippen molar-refractivity contribution in [1.82, 2.24) is 0 Å². The lowest BCUT2D eigenvalue weighted by molar-refractivity contribution is -0.111. The lowest BCUT2D eigenvalue weighted by atomic mass is 10.1. The van der Waals surface area contributed by atoms with E-state index in [2.05, 4.69) is 5.32 Å². The average Bonchev–Trinajstić information content (AvgIpc) is 2.51. The summed E-state index contributed by atoms with van der Waals surface area (Å²) in [5.74, 6) is 0.984.